The molecule has 0 amide bonds. The van der Waals surface area contributed by atoms with Crippen LogP contribution in [0.25, 0.3) is 10.2 Å². The number of hydrogen-bond acceptors (Lipinski definition) is 6. The molecular weight excluding hydrogens is 300 g/mol. The van der Waals surface area contributed by atoms with Crippen molar-refractivity contribution >= 4 is 39.0 Å². The van der Waals surface area contributed by atoms with Gasteiger partial charge >= 0.3 is 0 Å². The minimum Gasteiger partial charge on any atom is -0.399 e. The molecule has 4 nitrogen and oxygen atoms in total. The summed E-state index contributed by atoms with van der Waals surface area (Å²) in [6.07, 6.45) is 0. The summed E-state index contributed by atoms with van der Waals surface area (Å²) in [6, 6.07) is 7.79. The van der Waals surface area contributed by atoms with Crippen molar-refractivity contribution in [2.75, 3.05) is 5.73 Å². The fourth-order valence-electron chi connectivity index (χ4n) is 1.93. The highest BCUT2D eigenvalue weighted by Crippen LogP contribution is 2.34. The van der Waals surface area contributed by atoms with Crippen molar-refractivity contribution in [3.63, 3.8) is 0 Å². The van der Waals surface area contributed by atoms with E-state index in [9.17, 15) is 0 Å². The second-order valence-electron chi connectivity index (χ2n) is 5.17. The van der Waals surface area contributed by atoms with Gasteiger partial charge < -0.3 is 5.73 Å². The zero-order valence-corrected chi connectivity index (χ0v) is 13.8. The molecule has 0 aliphatic carbocycles. The molecule has 0 aliphatic rings. The van der Waals surface area contributed by atoms with E-state index in [1.54, 1.807) is 23.1 Å². The van der Waals surface area contributed by atoms with Crippen molar-refractivity contribution in [2.45, 2.75) is 36.1 Å². The summed E-state index contributed by atoms with van der Waals surface area (Å²) in [5.74, 6) is 1.20. The van der Waals surface area contributed by atoms with Gasteiger partial charge in [0.25, 0.3) is 0 Å². The van der Waals surface area contributed by atoms with Crippen molar-refractivity contribution in [1.82, 2.24) is 15.0 Å². The number of fused-ring (bicyclic) bond motifs is 1. The topological polar surface area (TPSA) is 64.7 Å². The van der Waals surface area contributed by atoms with Gasteiger partial charge in [0, 0.05) is 17.3 Å². The molecule has 1 aromatic carbocycles. The molecule has 3 rings (SSSR count). The lowest BCUT2D eigenvalue weighted by Gasteiger charge is -2.06. The summed E-state index contributed by atoms with van der Waals surface area (Å²) >= 11 is 3.22. The van der Waals surface area contributed by atoms with E-state index in [0.717, 1.165) is 36.8 Å². The Bertz CT molecular complexity index is 795. The van der Waals surface area contributed by atoms with E-state index in [1.165, 1.54) is 0 Å². The maximum atomic E-state index is 5.81. The summed E-state index contributed by atoms with van der Waals surface area (Å²) in [4.78, 5) is 13.7. The summed E-state index contributed by atoms with van der Waals surface area (Å²) in [7, 11) is 0. The van der Waals surface area contributed by atoms with Crippen LogP contribution >= 0.6 is 23.1 Å². The van der Waals surface area contributed by atoms with Crippen LogP contribution in [0.15, 0.2) is 33.6 Å². The van der Waals surface area contributed by atoms with Crippen LogP contribution in [0, 0.1) is 6.92 Å². The third kappa shape index (κ3) is 3.16. The van der Waals surface area contributed by atoms with Crippen LogP contribution in [0.5, 0.6) is 0 Å². The predicted molar refractivity (Wildman–Crippen MR) is 89.0 cm³/mol. The molecule has 0 radical (unpaired) electrons. The van der Waals surface area contributed by atoms with Gasteiger partial charge in [-0.2, -0.15) is 0 Å². The Hall–Kier alpha value is -1.66. The van der Waals surface area contributed by atoms with Gasteiger partial charge in [0.05, 0.1) is 10.2 Å². The molecule has 0 unspecified atom stereocenters. The highest BCUT2D eigenvalue weighted by atomic mass is 32.2. The molecule has 2 aromatic heterocycles. The van der Waals surface area contributed by atoms with E-state index in [1.807, 2.05) is 31.2 Å². The fourth-order valence-corrected chi connectivity index (χ4v) is 4.05. The average molecular weight is 316 g/mol. The van der Waals surface area contributed by atoms with E-state index >= 15 is 0 Å². The van der Waals surface area contributed by atoms with Crippen LogP contribution in [0.2, 0.25) is 0 Å². The van der Waals surface area contributed by atoms with Gasteiger partial charge in [-0.15, -0.1) is 11.3 Å². The van der Waals surface area contributed by atoms with Crippen LogP contribution in [0.3, 0.4) is 0 Å². The van der Waals surface area contributed by atoms with E-state index < -0.39 is 0 Å². The maximum absolute atomic E-state index is 5.81. The smallest absolute Gasteiger partial charge is 0.157 e. The zero-order valence-electron chi connectivity index (χ0n) is 12.1. The largest absolute Gasteiger partial charge is 0.399 e. The molecule has 6 heteroatoms. The molecule has 108 valence electrons. The Morgan fingerprint density at radius 1 is 1.14 bits per heavy atom. The van der Waals surface area contributed by atoms with E-state index in [-0.39, 0.29) is 0 Å². The van der Waals surface area contributed by atoms with Gasteiger partial charge in [-0.1, -0.05) is 13.8 Å². The number of anilines is 1. The van der Waals surface area contributed by atoms with Crippen molar-refractivity contribution in [3.05, 3.63) is 35.8 Å². The number of nitrogens with zero attached hydrogens (tertiary/aromatic N) is 3. The normalized spacial score (nSPS) is 11.4. The first-order valence-electron chi connectivity index (χ1n) is 6.71. The van der Waals surface area contributed by atoms with Crippen LogP contribution < -0.4 is 5.73 Å². The molecule has 2 heterocycles. The summed E-state index contributed by atoms with van der Waals surface area (Å²) in [5.41, 5.74) is 8.54. The summed E-state index contributed by atoms with van der Waals surface area (Å²) in [6.45, 7) is 6.20. The lowest BCUT2D eigenvalue weighted by molar-refractivity contribution is 0.744. The third-order valence-corrected chi connectivity index (χ3v) is 4.95. The van der Waals surface area contributed by atoms with Gasteiger partial charge in [-0.3, -0.25) is 0 Å². The number of nitrogen functional groups attached to an aromatic ring is 1. The van der Waals surface area contributed by atoms with Crippen molar-refractivity contribution in [1.29, 1.82) is 0 Å². The standard InChI is InChI=1S/C15H16N4S2/c1-8(2)14-17-9(3)6-13(19-14)21-15-18-11-5-4-10(16)7-12(11)20-15/h4-8H,16H2,1-3H3. The van der Waals surface area contributed by atoms with E-state index in [4.69, 9.17) is 5.73 Å². The van der Waals surface area contributed by atoms with Crippen LogP contribution in [-0.2, 0) is 0 Å². The Morgan fingerprint density at radius 3 is 2.71 bits per heavy atom. The molecule has 0 saturated heterocycles. The minimum atomic E-state index is 0.319. The van der Waals surface area contributed by atoms with Crippen LogP contribution in [0.4, 0.5) is 5.69 Å². The number of nitrogens with two attached hydrogens (primary N) is 1. The lowest BCUT2D eigenvalue weighted by atomic mass is 10.2. The molecule has 3 aromatic rings. The first-order chi connectivity index (χ1) is 10.0. The molecule has 21 heavy (non-hydrogen) atoms. The monoisotopic (exact) mass is 316 g/mol. The summed E-state index contributed by atoms with van der Waals surface area (Å²) < 4.78 is 2.08. The first kappa shape index (κ1) is 14.3. The average Bonchev–Trinajstić information content (AvgIpc) is 2.79. The van der Waals surface area contributed by atoms with Gasteiger partial charge in [0.2, 0.25) is 0 Å². The fraction of sp³-hybridized carbons (Fsp3) is 0.267. The number of thiazole rings is 1. The number of rotatable bonds is 3. The first-order valence-corrected chi connectivity index (χ1v) is 8.34. The molecule has 2 N–H and O–H groups in total. The molecule has 0 atom stereocenters. The van der Waals surface area contributed by atoms with Gasteiger partial charge in [-0.25, -0.2) is 15.0 Å². The Balaban J connectivity index is 1.94. The second-order valence-corrected chi connectivity index (χ2v) is 7.47. The van der Waals surface area contributed by atoms with Crippen LogP contribution in [-0.4, -0.2) is 15.0 Å². The number of hydrogen-bond donors (Lipinski definition) is 1. The SMILES string of the molecule is Cc1cc(Sc2nc3ccc(N)cc3s2)nc(C(C)C)n1. The summed E-state index contributed by atoms with van der Waals surface area (Å²) in [5, 5.41) is 0.943. The van der Waals surface area contributed by atoms with Crippen molar-refractivity contribution < 1.29 is 0 Å². The molecular formula is C15H16N4S2. The zero-order chi connectivity index (χ0) is 15.0. The van der Waals surface area contributed by atoms with Crippen molar-refractivity contribution in [3.8, 4) is 0 Å². The number of aromatic nitrogens is 3. The van der Waals surface area contributed by atoms with Crippen LogP contribution in [0.1, 0.15) is 31.3 Å². The maximum Gasteiger partial charge on any atom is 0.157 e. The lowest BCUT2D eigenvalue weighted by Crippen LogP contribution is -2.00. The molecule has 0 aliphatic heterocycles. The minimum absolute atomic E-state index is 0.319. The predicted octanol–water partition coefficient (Wildman–Crippen LogP) is 4.25. The number of benzene rings is 1. The molecule has 0 fully saturated rings. The highest BCUT2D eigenvalue weighted by Gasteiger charge is 2.10. The van der Waals surface area contributed by atoms with E-state index in [2.05, 4.69) is 28.8 Å². The quantitative estimate of drug-likeness (QED) is 0.578. The molecule has 0 bridgehead atoms. The third-order valence-electron chi connectivity index (χ3n) is 2.95. The second kappa shape index (κ2) is 5.61. The van der Waals surface area contributed by atoms with Gasteiger partial charge in [0.15, 0.2) is 4.34 Å². The van der Waals surface area contributed by atoms with E-state index in [0.29, 0.717) is 5.92 Å². The van der Waals surface area contributed by atoms with Crippen molar-refractivity contribution in [2.24, 2.45) is 0 Å². The van der Waals surface area contributed by atoms with Gasteiger partial charge in [0.1, 0.15) is 10.9 Å². The Kier molecular flexibility index (Phi) is 3.82. The Labute approximate surface area is 131 Å². The molecule has 0 saturated carbocycles. The van der Waals surface area contributed by atoms with Gasteiger partial charge in [-0.05, 0) is 43.0 Å². The Morgan fingerprint density at radius 2 is 1.95 bits per heavy atom. The highest BCUT2D eigenvalue weighted by molar-refractivity contribution is 8.01. The number of aryl methyl sites for hydroxylation is 1. The molecule has 0 spiro atoms.